The van der Waals surface area contributed by atoms with Crippen LogP contribution in [0.4, 0.5) is 0 Å². The average molecular weight is 803 g/mol. The molecule has 0 saturated carbocycles. The van der Waals surface area contributed by atoms with Crippen LogP contribution in [0.25, 0.3) is 116 Å². The van der Waals surface area contributed by atoms with Crippen molar-refractivity contribution < 1.29 is 0 Å². The first-order valence-corrected chi connectivity index (χ1v) is 21.5. The van der Waals surface area contributed by atoms with E-state index in [0.29, 0.717) is 0 Å². The molecular weight excluding hydrogens is 765 g/mol. The van der Waals surface area contributed by atoms with E-state index in [-0.39, 0.29) is 0 Å². The summed E-state index contributed by atoms with van der Waals surface area (Å²) < 4.78 is 7.16. The molecule has 0 aliphatic rings. The molecule has 0 saturated heterocycles. The van der Waals surface area contributed by atoms with Crippen molar-refractivity contribution in [3.63, 3.8) is 0 Å². The van der Waals surface area contributed by atoms with Gasteiger partial charge in [-0.05, 0) is 130 Å². The second-order valence-corrected chi connectivity index (χ2v) is 16.4. The number of nitrogens with zero attached hydrogens (tertiary/aromatic N) is 4. The average Bonchev–Trinajstić information content (AvgIpc) is 3.99. The van der Waals surface area contributed by atoms with E-state index in [1.807, 2.05) is 12.3 Å². The largest absolute Gasteiger partial charge is 0.309 e. The molecule has 0 aliphatic heterocycles. The van der Waals surface area contributed by atoms with Crippen LogP contribution in [0, 0.1) is 0 Å². The Morgan fingerprint density at radius 2 is 0.698 bits per heavy atom. The van der Waals surface area contributed by atoms with Crippen molar-refractivity contribution in [2.45, 2.75) is 0 Å². The zero-order valence-electron chi connectivity index (χ0n) is 34.2. The first-order chi connectivity index (χ1) is 31.2. The van der Waals surface area contributed by atoms with Crippen LogP contribution < -0.4 is 0 Å². The van der Waals surface area contributed by atoms with Gasteiger partial charge in [0.2, 0.25) is 0 Å². The van der Waals surface area contributed by atoms with Gasteiger partial charge in [0.1, 0.15) is 0 Å². The highest BCUT2D eigenvalue weighted by Gasteiger charge is 2.19. The molecule has 4 heterocycles. The van der Waals surface area contributed by atoms with Crippen molar-refractivity contribution in [1.82, 2.24) is 18.7 Å². The molecule has 0 N–H and O–H groups in total. The van der Waals surface area contributed by atoms with Crippen LogP contribution >= 0.6 is 0 Å². The van der Waals surface area contributed by atoms with Gasteiger partial charge >= 0.3 is 0 Å². The Labute approximate surface area is 363 Å². The molecule has 63 heavy (non-hydrogen) atoms. The van der Waals surface area contributed by atoms with Gasteiger partial charge in [0.25, 0.3) is 0 Å². The van der Waals surface area contributed by atoms with Crippen LogP contribution in [0.3, 0.4) is 0 Å². The maximum atomic E-state index is 4.91. The topological polar surface area (TPSA) is 27.7 Å². The fourth-order valence-electron chi connectivity index (χ4n) is 10.0. The summed E-state index contributed by atoms with van der Waals surface area (Å²) in [5.74, 6) is 0. The van der Waals surface area contributed by atoms with Gasteiger partial charge in [-0.3, -0.25) is 4.98 Å². The minimum absolute atomic E-state index is 0.999. The van der Waals surface area contributed by atoms with Crippen LogP contribution in [-0.2, 0) is 0 Å². The summed E-state index contributed by atoms with van der Waals surface area (Å²) in [6, 6.07) is 81.5. The second kappa shape index (κ2) is 14.1. The van der Waals surface area contributed by atoms with E-state index in [1.165, 1.54) is 77.0 Å². The van der Waals surface area contributed by atoms with Crippen LogP contribution in [0.5, 0.6) is 0 Å². The Morgan fingerprint density at radius 1 is 0.238 bits per heavy atom. The van der Waals surface area contributed by atoms with E-state index < -0.39 is 0 Å². The van der Waals surface area contributed by atoms with E-state index in [4.69, 9.17) is 4.98 Å². The summed E-state index contributed by atoms with van der Waals surface area (Å²) in [6.07, 6.45) is 1.89. The van der Waals surface area contributed by atoms with Crippen molar-refractivity contribution in [1.29, 1.82) is 0 Å². The highest BCUT2D eigenvalue weighted by atomic mass is 15.0. The molecular formula is C59H38N4. The zero-order valence-corrected chi connectivity index (χ0v) is 34.2. The van der Waals surface area contributed by atoms with E-state index in [9.17, 15) is 0 Å². The first kappa shape index (κ1) is 35.3. The van der Waals surface area contributed by atoms with Crippen molar-refractivity contribution in [3.05, 3.63) is 231 Å². The van der Waals surface area contributed by atoms with Crippen molar-refractivity contribution in [2.24, 2.45) is 0 Å². The van der Waals surface area contributed by atoms with Gasteiger partial charge in [0, 0.05) is 50.2 Å². The van der Waals surface area contributed by atoms with Gasteiger partial charge in [0.15, 0.2) is 0 Å². The van der Waals surface area contributed by atoms with E-state index in [2.05, 4.69) is 232 Å². The van der Waals surface area contributed by atoms with Crippen molar-refractivity contribution in [2.75, 3.05) is 0 Å². The summed E-state index contributed by atoms with van der Waals surface area (Å²) >= 11 is 0. The lowest BCUT2D eigenvalue weighted by atomic mass is 9.98. The summed E-state index contributed by atoms with van der Waals surface area (Å²) in [5, 5.41) is 6.04. The SMILES string of the molecule is c1ccc(-c2cc(-c3ccccc3)cc(-n3c4ccccc4c4cc(-c5ccc6c(c5)c5ccccc5n6-c5ccc6c(c5)c5ncccc5n6-c5ccccc5)ccc43)c2)cc1. The minimum Gasteiger partial charge on any atom is -0.309 e. The zero-order chi connectivity index (χ0) is 41.4. The Kier molecular flexibility index (Phi) is 7.87. The number of hydrogen-bond acceptors (Lipinski definition) is 1. The lowest BCUT2D eigenvalue weighted by Gasteiger charge is -2.14. The maximum absolute atomic E-state index is 4.91. The third kappa shape index (κ3) is 5.59. The summed E-state index contributed by atoms with van der Waals surface area (Å²) in [4.78, 5) is 4.91. The van der Waals surface area contributed by atoms with Crippen LogP contribution in [0.1, 0.15) is 0 Å². The molecule has 0 spiro atoms. The Balaban J connectivity index is 0.966. The van der Waals surface area contributed by atoms with E-state index in [1.54, 1.807) is 0 Å². The lowest BCUT2D eigenvalue weighted by molar-refractivity contribution is 1.16. The number of para-hydroxylation sites is 3. The quantitative estimate of drug-likeness (QED) is 0.165. The van der Waals surface area contributed by atoms with Crippen LogP contribution in [0.2, 0.25) is 0 Å². The number of aromatic nitrogens is 4. The van der Waals surface area contributed by atoms with Crippen molar-refractivity contribution >= 4 is 65.5 Å². The smallest absolute Gasteiger partial charge is 0.0964 e. The van der Waals surface area contributed by atoms with Crippen molar-refractivity contribution in [3.8, 4) is 50.4 Å². The predicted octanol–water partition coefficient (Wildman–Crippen LogP) is 15.4. The normalized spacial score (nSPS) is 11.8. The fraction of sp³-hybridized carbons (Fsp3) is 0. The highest BCUT2D eigenvalue weighted by molar-refractivity contribution is 6.14. The van der Waals surface area contributed by atoms with E-state index in [0.717, 1.165) is 39.0 Å². The molecule has 294 valence electrons. The molecule has 0 aliphatic carbocycles. The van der Waals surface area contributed by atoms with Gasteiger partial charge in [-0.2, -0.15) is 0 Å². The third-order valence-corrected chi connectivity index (χ3v) is 12.8. The molecule has 4 nitrogen and oxygen atoms in total. The number of rotatable bonds is 6. The molecule has 0 unspecified atom stereocenters. The number of hydrogen-bond donors (Lipinski definition) is 0. The number of benzene rings is 9. The second-order valence-electron chi connectivity index (χ2n) is 16.4. The first-order valence-electron chi connectivity index (χ1n) is 21.5. The molecule has 0 amide bonds. The lowest BCUT2D eigenvalue weighted by Crippen LogP contribution is -1.96. The molecule has 13 aromatic rings. The molecule has 0 fully saturated rings. The predicted molar refractivity (Wildman–Crippen MR) is 264 cm³/mol. The standard InChI is InChI=1S/C59H38N4/c1-4-15-39(16-5-1)43-33-44(40-17-6-2-7-18-40)35-47(34-43)63-54-24-13-11-22-49(54)51-37-42(27-30-56(51)63)41-26-29-55-50(36-41)48-21-10-12-23-53(48)62(55)46-28-31-57-52(38-46)59-58(25-14-32-60-59)61(57)45-19-8-3-9-20-45/h1-38H. The van der Waals surface area contributed by atoms with E-state index >= 15 is 0 Å². The Bertz CT molecular complexity index is 3830. The molecule has 9 aromatic carbocycles. The fourth-order valence-corrected chi connectivity index (χ4v) is 10.0. The third-order valence-electron chi connectivity index (χ3n) is 12.8. The highest BCUT2D eigenvalue weighted by Crippen LogP contribution is 2.41. The molecule has 4 heteroatoms. The summed E-state index contributed by atoms with van der Waals surface area (Å²) in [6.45, 7) is 0. The van der Waals surface area contributed by atoms with Gasteiger partial charge in [0.05, 0.1) is 38.6 Å². The number of fused-ring (bicyclic) bond motifs is 9. The monoisotopic (exact) mass is 802 g/mol. The van der Waals surface area contributed by atoms with Gasteiger partial charge in [-0.25, -0.2) is 0 Å². The molecule has 0 bridgehead atoms. The van der Waals surface area contributed by atoms with Crippen LogP contribution in [-0.4, -0.2) is 18.7 Å². The van der Waals surface area contributed by atoms with Crippen LogP contribution in [0.15, 0.2) is 231 Å². The van der Waals surface area contributed by atoms with Gasteiger partial charge in [-0.15, -0.1) is 0 Å². The maximum Gasteiger partial charge on any atom is 0.0964 e. The Hall–Kier alpha value is -8.47. The number of pyridine rings is 1. The van der Waals surface area contributed by atoms with Gasteiger partial charge in [-0.1, -0.05) is 127 Å². The Morgan fingerprint density at radius 3 is 1.30 bits per heavy atom. The summed E-state index contributed by atoms with van der Waals surface area (Å²) in [7, 11) is 0. The molecule has 0 atom stereocenters. The molecule has 13 rings (SSSR count). The molecule has 0 radical (unpaired) electrons. The summed E-state index contributed by atoms with van der Waals surface area (Å²) in [5.41, 5.74) is 18.5. The van der Waals surface area contributed by atoms with Gasteiger partial charge < -0.3 is 13.7 Å². The molecule has 4 aromatic heterocycles. The minimum atomic E-state index is 0.999.